The average Bonchev–Trinajstić information content (AvgIpc) is 2.36. The van der Waals surface area contributed by atoms with E-state index in [1.807, 2.05) is 31.2 Å². The van der Waals surface area contributed by atoms with Gasteiger partial charge >= 0.3 is 0 Å². The third-order valence-electron chi connectivity index (χ3n) is 2.77. The lowest BCUT2D eigenvalue weighted by Crippen LogP contribution is -2.36. The summed E-state index contributed by atoms with van der Waals surface area (Å²) >= 11 is 3.35. The minimum atomic E-state index is -0.0702. The molecular weight excluding hydrogens is 306 g/mol. The van der Waals surface area contributed by atoms with Gasteiger partial charge in [0.1, 0.15) is 5.75 Å². The summed E-state index contributed by atoms with van der Waals surface area (Å²) in [5, 5.41) is 2.94. The molecule has 0 spiro atoms. The first-order chi connectivity index (χ1) is 8.97. The van der Waals surface area contributed by atoms with Gasteiger partial charge < -0.3 is 10.1 Å². The molecule has 1 N–H and O–H groups in total. The van der Waals surface area contributed by atoms with Crippen LogP contribution in [0.15, 0.2) is 28.7 Å². The molecule has 1 amide bonds. The molecule has 19 heavy (non-hydrogen) atoms. The van der Waals surface area contributed by atoms with Crippen molar-refractivity contribution < 1.29 is 9.53 Å². The highest BCUT2D eigenvalue weighted by atomic mass is 79.9. The second kappa shape index (κ2) is 8.20. The number of carbonyl (C=O) groups is 1. The Morgan fingerprint density at radius 1 is 1.21 bits per heavy atom. The van der Waals surface area contributed by atoms with Gasteiger partial charge in [-0.25, -0.2) is 0 Å². The number of hydrogen-bond donors (Lipinski definition) is 1. The number of nitrogens with one attached hydrogen (secondary N) is 1. The molecule has 106 valence electrons. The number of hydrogen-bond acceptors (Lipinski definition) is 2. The number of amides is 1. The normalized spacial score (nSPS) is 12.3. The lowest BCUT2D eigenvalue weighted by molar-refractivity contribution is -0.123. The Balaban J connectivity index is 2.25. The SMILES string of the molecule is CC(C)CCC(C)NC(=O)COc1ccc(Br)cc1. The van der Waals surface area contributed by atoms with Gasteiger partial charge in [0.2, 0.25) is 0 Å². The molecule has 0 aliphatic rings. The maximum absolute atomic E-state index is 11.7. The van der Waals surface area contributed by atoms with Crippen LogP contribution in [0, 0.1) is 5.92 Å². The van der Waals surface area contributed by atoms with Crippen LogP contribution in [-0.4, -0.2) is 18.6 Å². The van der Waals surface area contributed by atoms with Crippen LogP contribution in [0.3, 0.4) is 0 Å². The van der Waals surface area contributed by atoms with Crippen molar-refractivity contribution in [3.8, 4) is 5.75 Å². The van der Waals surface area contributed by atoms with E-state index >= 15 is 0 Å². The van der Waals surface area contributed by atoms with Crippen LogP contribution in [0.5, 0.6) is 5.75 Å². The Morgan fingerprint density at radius 3 is 2.42 bits per heavy atom. The number of benzene rings is 1. The molecule has 4 heteroatoms. The summed E-state index contributed by atoms with van der Waals surface area (Å²) in [6.07, 6.45) is 2.12. The zero-order chi connectivity index (χ0) is 14.3. The molecule has 1 aromatic carbocycles. The van der Waals surface area contributed by atoms with E-state index in [9.17, 15) is 4.79 Å². The van der Waals surface area contributed by atoms with E-state index in [0.717, 1.165) is 17.3 Å². The predicted molar refractivity (Wildman–Crippen MR) is 81.3 cm³/mol. The Labute approximate surface area is 123 Å². The van der Waals surface area contributed by atoms with Crippen LogP contribution < -0.4 is 10.1 Å². The first kappa shape index (κ1) is 16.0. The molecule has 1 rings (SSSR count). The number of halogens is 1. The van der Waals surface area contributed by atoms with E-state index in [-0.39, 0.29) is 18.6 Å². The molecule has 0 bridgehead atoms. The van der Waals surface area contributed by atoms with Crippen LogP contribution >= 0.6 is 15.9 Å². The topological polar surface area (TPSA) is 38.3 Å². The van der Waals surface area contributed by atoms with Gasteiger partial charge in [0, 0.05) is 10.5 Å². The highest BCUT2D eigenvalue weighted by Crippen LogP contribution is 2.15. The van der Waals surface area contributed by atoms with Crippen molar-refractivity contribution in [2.45, 2.75) is 39.7 Å². The van der Waals surface area contributed by atoms with E-state index in [2.05, 4.69) is 35.1 Å². The molecule has 0 heterocycles. The summed E-state index contributed by atoms with van der Waals surface area (Å²) in [5.41, 5.74) is 0. The van der Waals surface area contributed by atoms with Crippen molar-refractivity contribution in [3.05, 3.63) is 28.7 Å². The fourth-order valence-electron chi connectivity index (χ4n) is 1.65. The predicted octanol–water partition coefficient (Wildman–Crippen LogP) is 3.77. The van der Waals surface area contributed by atoms with Crippen molar-refractivity contribution in [1.82, 2.24) is 5.32 Å². The molecule has 0 fully saturated rings. The number of carbonyl (C=O) groups excluding carboxylic acids is 1. The molecule has 0 saturated heterocycles. The second-order valence-electron chi connectivity index (χ2n) is 5.18. The van der Waals surface area contributed by atoms with Gasteiger partial charge in [-0.3, -0.25) is 4.79 Å². The third kappa shape index (κ3) is 7.21. The number of ether oxygens (including phenoxy) is 1. The average molecular weight is 328 g/mol. The van der Waals surface area contributed by atoms with Gasteiger partial charge in [0.25, 0.3) is 5.91 Å². The van der Waals surface area contributed by atoms with Crippen molar-refractivity contribution in [3.63, 3.8) is 0 Å². The molecule has 0 aromatic heterocycles. The zero-order valence-electron chi connectivity index (χ0n) is 11.8. The van der Waals surface area contributed by atoms with E-state index in [1.165, 1.54) is 0 Å². The van der Waals surface area contributed by atoms with Crippen LogP contribution in [0.1, 0.15) is 33.6 Å². The zero-order valence-corrected chi connectivity index (χ0v) is 13.4. The smallest absolute Gasteiger partial charge is 0.258 e. The minimum absolute atomic E-state index is 0.0631. The first-order valence-corrected chi connectivity index (χ1v) is 7.44. The van der Waals surface area contributed by atoms with Crippen LogP contribution in [0.2, 0.25) is 0 Å². The van der Waals surface area contributed by atoms with Crippen molar-refractivity contribution in [2.75, 3.05) is 6.61 Å². The summed E-state index contributed by atoms with van der Waals surface area (Å²) in [6, 6.07) is 7.64. The van der Waals surface area contributed by atoms with Crippen LogP contribution in [-0.2, 0) is 4.79 Å². The summed E-state index contributed by atoms with van der Waals surface area (Å²) in [7, 11) is 0. The summed E-state index contributed by atoms with van der Waals surface area (Å²) in [5.74, 6) is 1.30. The molecule has 0 aliphatic heterocycles. The maximum Gasteiger partial charge on any atom is 0.258 e. The third-order valence-corrected chi connectivity index (χ3v) is 3.30. The van der Waals surface area contributed by atoms with Gasteiger partial charge in [0.15, 0.2) is 6.61 Å². The molecule has 1 aromatic rings. The fraction of sp³-hybridized carbons (Fsp3) is 0.533. The van der Waals surface area contributed by atoms with Gasteiger partial charge in [-0.2, -0.15) is 0 Å². The van der Waals surface area contributed by atoms with Crippen LogP contribution in [0.25, 0.3) is 0 Å². The highest BCUT2D eigenvalue weighted by Gasteiger charge is 2.08. The Bertz CT molecular complexity index is 390. The Hall–Kier alpha value is -1.03. The number of rotatable bonds is 7. The molecular formula is C15H22BrNO2. The van der Waals surface area contributed by atoms with Crippen molar-refractivity contribution >= 4 is 21.8 Å². The molecule has 0 radical (unpaired) electrons. The monoisotopic (exact) mass is 327 g/mol. The molecule has 3 nitrogen and oxygen atoms in total. The van der Waals surface area contributed by atoms with Gasteiger partial charge in [-0.05, 0) is 49.9 Å². The minimum Gasteiger partial charge on any atom is -0.484 e. The van der Waals surface area contributed by atoms with E-state index < -0.39 is 0 Å². The van der Waals surface area contributed by atoms with Crippen LogP contribution in [0.4, 0.5) is 0 Å². The van der Waals surface area contributed by atoms with Gasteiger partial charge in [0.05, 0.1) is 0 Å². The summed E-state index contributed by atoms with van der Waals surface area (Å²) < 4.78 is 6.41. The quantitative estimate of drug-likeness (QED) is 0.827. The van der Waals surface area contributed by atoms with Gasteiger partial charge in [-0.15, -0.1) is 0 Å². The fourth-order valence-corrected chi connectivity index (χ4v) is 1.92. The summed E-state index contributed by atoms with van der Waals surface area (Å²) in [6.45, 7) is 6.46. The molecule has 0 saturated carbocycles. The summed E-state index contributed by atoms with van der Waals surface area (Å²) in [4.78, 5) is 11.7. The molecule has 0 aliphatic carbocycles. The standard InChI is InChI=1S/C15H22BrNO2/c1-11(2)4-5-12(3)17-15(18)10-19-14-8-6-13(16)7-9-14/h6-9,11-12H,4-5,10H2,1-3H3,(H,17,18). The van der Waals surface area contributed by atoms with Gasteiger partial charge in [-0.1, -0.05) is 29.8 Å². The molecule has 1 atom stereocenters. The van der Waals surface area contributed by atoms with E-state index in [1.54, 1.807) is 0 Å². The first-order valence-electron chi connectivity index (χ1n) is 6.65. The lowest BCUT2D eigenvalue weighted by atomic mass is 10.0. The largest absolute Gasteiger partial charge is 0.484 e. The van der Waals surface area contributed by atoms with E-state index in [4.69, 9.17) is 4.74 Å². The van der Waals surface area contributed by atoms with E-state index in [0.29, 0.717) is 11.7 Å². The van der Waals surface area contributed by atoms with Crippen molar-refractivity contribution in [2.24, 2.45) is 5.92 Å². The highest BCUT2D eigenvalue weighted by molar-refractivity contribution is 9.10. The molecule has 1 unspecified atom stereocenters. The Kier molecular flexibility index (Phi) is 6.92. The Morgan fingerprint density at radius 2 is 1.84 bits per heavy atom. The van der Waals surface area contributed by atoms with Crippen molar-refractivity contribution in [1.29, 1.82) is 0 Å². The maximum atomic E-state index is 11.7. The second-order valence-corrected chi connectivity index (χ2v) is 6.10. The lowest BCUT2D eigenvalue weighted by Gasteiger charge is -2.15.